The molecule has 1 unspecified atom stereocenters. The number of fused-ring (bicyclic) bond motifs is 11. The first kappa shape index (κ1) is 27.5. The Balaban J connectivity index is 1.45. The number of nitrogens with zero attached hydrogens (tertiary/aromatic N) is 4. The second kappa shape index (κ2) is 9.29. The third-order valence-electron chi connectivity index (χ3n) is 9.04. The van der Waals surface area contributed by atoms with Gasteiger partial charge in [-0.2, -0.15) is 0 Å². The zero-order valence-electron chi connectivity index (χ0n) is 24.0. The van der Waals surface area contributed by atoms with Crippen molar-refractivity contribution in [3.63, 3.8) is 0 Å². The van der Waals surface area contributed by atoms with Crippen LogP contribution in [0.1, 0.15) is 17.5 Å². The highest BCUT2D eigenvalue weighted by atomic mass is 32.1. The molecule has 1 atom stereocenters. The number of aromatic nitrogens is 2. The van der Waals surface area contributed by atoms with E-state index in [2.05, 4.69) is 0 Å². The number of thiophene rings is 1. The molecule has 3 aliphatic rings. The van der Waals surface area contributed by atoms with E-state index in [1.165, 1.54) is 15.9 Å². The van der Waals surface area contributed by atoms with E-state index in [1.54, 1.807) is 16.0 Å². The van der Waals surface area contributed by atoms with Crippen molar-refractivity contribution in [2.75, 3.05) is 0 Å². The van der Waals surface area contributed by atoms with Crippen molar-refractivity contribution < 1.29 is 31.1 Å². The van der Waals surface area contributed by atoms with Crippen molar-refractivity contribution in [3.8, 4) is 5.75 Å². The van der Waals surface area contributed by atoms with Gasteiger partial charge in [-0.3, -0.25) is 9.13 Å². The summed E-state index contributed by atoms with van der Waals surface area (Å²) in [7, 11) is 6.66. The molecule has 48 heavy (non-hydrogen) atoms. The van der Waals surface area contributed by atoms with Gasteiger partial charge in [0.2, 0.25) is 0 Å². The lowest BCUT2D eigenvalue weighted by atomic mass is 9.88. The Morgan fingerprint density at radius 2 is 1.27 bits per heavy atom. The van der Waals surface area contributed by atoms with Crippen LogP contribution in [0.25, 0.3) is 43.3 Å². The molecule has 5 nitrogen and oxygen atoms in total. The molecule has 7 aromatic rings. The van der Waals surface area contributed by atoms with Crippen molar-refractivity contribution in [1.82, 2.24) is 9.13 Å². The van der Waals surface area contributed by atoms with Crippen molar-refractivity contribution in [3.05, 3.63) is 128 Å². The van der Waals surface area contributed by atoms with E-state index in [1.807, 2.05) is 24.3 Å². The number of hydrogen-bond acceptors (Lipinski definition) is 4. The first-order valence-electron chi connectivity index (χ1n) is 14.5. The standard InChI is InChI=1S/C35H13BF6N4OS/c36-30-16-11-27-15-6-22(38)24(40)8-18(15)33-44-34-20-10-26(42)25(41)9-19(20)32(43-31(30)17-7-23(39)21(37)5-14(16)17)46(34)35(45(27)33)47-28-12-48-29-4-2-1-3-13(28)29/h1-12,35H. The number of halogens is 6. The molecule has 3 aromatic heterocycles. The van der Waals surface area contributed by atoms with Gasteiger partial charge in [0.25, 0.3) is 6.35 Å². The Hall–Kier alpha value is -5.56. The summed E-state index contributed by atoms with van der Waals surface area (Å²) in [6, 6.07) is 13.4. The van der Waals surface area contributed by atoms with Gasteiger partial charge in [-0.1, -0.05) is 17.6 Å². The van der Waals surface area contributed by atoms with Gasteiger partial charge in [-0.15, -0.1) is 11.3 Å². The highest BCUT2D eigenvalue weighted by molar-refractivity contribution is 7.17. The molecule has 0 saturated carbocycles. The van der Waals surface area contributed by atoms with Crippen LogP contribution in [0.5, 0.6) is 5.75 Å². The van der Waals surface area contributed by atoms with Crippen LogP contribution in [0.15, 0.2) is 81.5 Å². The van der Waals surface area contributed by atoms with Crippen molar-refractivity contribution in [2.45, 2.75) is 6.35 Å². The van der Waals surface area contributed by atoms with Gasteiger partial charge < -0.3 is 4.74 Å². The van der Waals surface area contributed by atoms with Crippen LogP contribution >= 0.6 is 11.3 Å². The fraction of sp³-hybridized carbons (Fsp3) is 0.0286. The second-order valence-corrected chi connectivity index (χ2v) is 12.5. The summed E-state index contributed by atoms with van der Waals surface area (Å²) < 4.78 is 100. The first-order valence-corrected chi connectivity index (χ1v) is 15.4. The molecule has 1 aliphatic carbocycles. The van der Waals surface area contributed by atoms with Gasteiger partial charge in [0, 0.05) is 42.6 Å². The van der Waals surface area contributed by atoms with E-state index in [9.17, 15) is 26.3 Å². The maximum Gasteiger partial charge on any atom is 0.265 e. The van der Waals surface area contributed by atoms with Crippen LogP contribution in [0, 0.1) is 34.9 Å². The Morgan fingerprint density at radius 1 is 0.667 bits per heavy atom. The monoisotopic (exact) mass is 662 g/mol. The van der Waals surface area contributed by atoms with Gasteiger partial charge in [-0.25, -0.2) is 36.3 Å². The lowest BCUT2D eigenvalue weighted by molar-refractivity contribution is 0.0970. The highest BCUT2D eigenvalue weighted by Gasteiger charge is 2.36. The average molecular weight is 662 g/mol. The molecule has 0 N–H and O–H groups in total. The maximum absolute atomic E-state index is 15.0. The largest absolute Gasteiger partial charge is 0.450 e. The number of aliphatic imine (C=N–C) groups is 1. The number of benzene rings is 4. The number of rotatable bonds is 2. The molecule has 4 bridgehead atoms. The summed E-state index contributed by atoms with van der Waals surface area (Å²) in [6.07, 6.45) is 0.317. The summed E-state index contributed by atoms with van der Waals surface area (Å²) in [4.78, 5) is 9.65. The Morgan fingerprint density at radius 3 is 2.00 bits per heavy atom. The summed E-state index contributed by atoms with van der Waals surface area (Å²) in [5.74, 6) is -6.35. The second-order valence-electron chi connectivity index (χ2n) is 11.6. The molecule has 2 aliphatic heterocycles. The quantitative estimate of drug-likeness (QED) is 0.138. The zero-order chi connectivity index (χ0) is 32.7. The highest BCUT2D eigenvalue weighted by Crippen LogP contribution is 2.46. The van der Waals surface area contributed by atoms with Crippen molar-refractivity contribution in [2.24, 2.45) is 9.98 Å². The van der Waals surface area contributed by atoms with E-state index in [0.717, 1.165) is 46.5 Å². The van der Waals surface area contributed by atoms with Gasteiger partial charge in [-0.05, 0) is 65.7 Å². The van der Waals surface area contributed by atoms with Crippen LogP contribution in [-0.2, 0) is 0 Å². The van der Waals surface area contributed by atoms with E-state index < -0.39 is 41.3 Å². The fourth-order valence-corrected chi connectivity index (χ4v) is 7.77. The molecule has 230 valence electrons. The smallest absolute Gasteiger partial charge is 0.265 e. The molecule has 0 amide bonds. The molecule has 13 heteroatoms. The van der Waals surface area contributed by atoms with Gasteiger partial charge in [0.05, 0.1) is 11.1 Å². The summed E-state index contributed by atoms with van der Waals surface area (Å²) >= 11 is 1.43. The van der Waals surface area contributed by atoms with Crippen LogP contribution in [-0.4, -0.2) is 22.7 Å². The molecular formula is C35H13BF6N4OS. The van der Waals surface area contributed by atoms with Crippen LogP contribution < -0.4 is 15.6 Å². The van der Waals surface area contributed by atoms with Crippen molar-refractivity contribution >= 4 is 79.8 Å². The normalized spacial score (nSPS) is 16.0. The van der Waals surface area contributed by atoms with Gasteiger partial charge >= 0.3 is 0 Å². The van der Waals surface area contributed by atoms with E-state index in [4.69, 9.17) is 22.6 Å². The first-order chi connectivity index (χ1) is 23.2. The predicted octanol–water partition coefficient (Wildman–Crippen LogP) is 7.80. The number of ether oxygens (including phenoxy) is 1. The lowest BCUT2D eigenvalue weighted by Gasteiger charge is -2.27. The van der Waals surface area contributed by atoms with E-state index in [-0.39, 0.29) is 71.9 Å². The average Bonchev–Trinajstić information content (AvgIpc) is 3.76. The van der Waals surface area contributed by atoms with Crippen LogP contribution in [0.4, 0.5) is 38.0 Å². The van der Waals surface area contributed by atoms with Gasteiger partial charge in [0.15, 0.2) is 34.9 Å². The van der Waals surface area contributed by atoms with Crippen molar-refractivity contribution in [1.29, 1.82) is 0 Å². The molecule has 4 aromatic carbocycles. The third kappa shape index (κ3) is 3.48. The third-order valence-corrected chi connectivity index (χ3v) is 9.99. The summed E-state index contributed by atoms with van der Waals surface area (Å²) in [5, 5.41) is 3.46. The molecule has 10 rings (SSSR count). The number of hydrogen-bond donors (Lipinski definition) is 0. The molecular weight excluding hydrogens is 649 g/mol. The topological polar surface area (TPSA) is 43.8 Å². The molecule has 0 saturated heterocycles. The van der Waals surface area contributed by atoms with Crippen LogP contribution in [0.3, 0.4) is 0 Å². The fourth-order valence-electron chi connectivity index (χ4n) is 6.90. The predicted molar refractivity (Wildman–Crippen MR) is 171 cm³/mol. The molecule has 0 spiro atoms. The summed E-state index contributed by atoms with van der Waals surface area (Å²) in [5.41, 5.74) is 0.730. The minimum Gasteiger partial charge on any atom is -0.450 e. The molecule has 5 heterocycles. The summed E-state index contributed by atoms with van der Waals surface area (Å²) in [6.45, 7) is 0. The lowest BCUT2D eigenvalue weighted by Crippen LogP contribution is -2.40. The Kier molecular flexibility index (Phi) is 5.33. The SMILES string of the molecule is [B]C1=C2C=c3c4cc(F)c(F)cc4c4n3C(Oc3csc5ccccc35)n3c(c5cc(F)c(F)cc5c3N=4)N=C1c1cc(F)c(F)cc12. The van der Waals surface area contributed by atoms with E-state index in [0.29, 0.717) is 5.75 Å². The Bertz CT molecular complexity index is 2870. The maximum atomic E-state index is 15.0. The van der Waals surface area contributed by atoms with Crippen LogP contribution in [0.2, 0.25) is 0 Å². The van der Waals surface area contributed by atoms with Gasteiger partial charge in [0.1, 0.15) is 30.7 Å². The van der Waals surface area contributed by atoms with E-state index >= 15 is 0 Å². The Labute approximate surface area is 270 Å². The molecule has 2 radical (unpaired) electrons. The zero-order valence-corrected chi connectivity index (χ0v) is 24.8. The molecule has 0 fully saturated rings. The minimum absolute atomic E-state index is 0.0192. The number of allylic oxidation sites excluding steroid dienone is 2. The minimum atomic E-state index is -1.23.